The van der Waals surface area contributed by atoms with Crippen molar-refractivity contribution in [2.45, 2.75) is 38.5 Å². The molecule has 4 rings (SSSR count). The maximum absolute atomic E-state index is 11.5. The summed E-state index contributed by atoms with van der Waals surface area (Å²) in [7, 11) is 0. The van der Waals surface area contributed by atoms with E-state index in [1.807, 2.05) is 24.3 Å². The summed E-state index contributed by atoms with van der Waals surface area (Å²) < 4.78 is 5.99. The van der Waals surface area contributed by atoms with Gasteiger partial charge in [0.2, 0.25) is 0 Å². The molecule has 3 aromatic rings. The number of nitrogens with zero attached hydrogens (tertiary/aromatic N) is 1. The van der Waals surface area contributed by atoms with Crippen molar-refractivity contribution in [1.82, 2.24) is 4.98 Å². The number of pyridine rings is 1. The number of hydrogen-bond donors (Lipinski definition) is 2. The van der Waals surface area contributed by atoms with E-state index in [-0.39, 0.29) is 12.3 Å². The summed E-state index contributed by atoms with van der Waals surface area (Å²) in [6.07, 6.45) is 4.32. The van der Waals surface area contributed by atoms with Crippen LogP contribution in [0, 0.1) is 6.92 Å². The summed E-state index contributed by atoms with van der Waals surface area (Å²) in [5.74, 6) is 0.930. The van der Waals surface area contributed by atoms with Crippen molar-refractivity contribution in [3.05, 3.63) is 88.6 Å². The Hall–Kier alpha value is -3.34. The van der Waals surface area contributed by atoms with Gasteiger partial charge in [0.15, 0.2) is 0 Å². The van der Waals surface area contributed by atoms with Gasteiger partial charge < -0.3 is 15.2 Å². The van der Waals surface area contributed by atoms with Gasteiger partial charge in [-0.15, -0.1) is 0 Å². The minimum Gasteiger partial charge on any atom is -0.494 e. The van der Waals surface area contributed by atoms with Crippen LogP contribution >= 0.6 is 0 Å². The summed E-state index contributed by atoms with van der Waals surface area (Å²) in [5.41, 5.74) is 6.00. The van der Waals surface area contributed by atoms with Crippen LogP contribution in [0.15, 0.2) is 60.8 Å². The Bertz CT molecular complexity index is 1050. The van der Waals surface area contributed by atoms with Crippen LogP contribution in [0.5, 0.6) is 5.75 Å². The Kier molecular flexibility index (Phi) is 6.51. The van der Waals surface area contributed by atoms with Crippen molar-refractivity contribution in [2.75, 3.05) is 18.5 Å². The molecular formula is C26H28N2O3. The summed E-state index contributed by atoms with van der Waals surface area (Å²) in [4.78, 5) is 15.8. The molecule has 0 spiro atoms. The van der Waals surface area contributed by atoms with E-state index in [4.69, 9.17) is 4.74 Å². The van der Waals surface area contributed by atoms with Crippen molar-refractivity contribution in [1.29, 1.82) is 0 Å². The van der Waals surface area contributed by atoms with E-state index in [1.165, 1.54) is 27.8 Å². The molecule has 1 aromatic heterocycles. The predicted molar refractivity (Wildman–Crippen MR) is 122 cm³/mol. The van der Waals surface area contributed by atoms with Gasteiger partial charge in [-0.2, -0.15) is 0 Å². The second-order valence-electron chi connectivity index (χ2n) is 8.15. The lowest BCUT2D eigenvalue weighted by Gasteiger charge is -2.17. The summed E-state index contributed by atoms with van der Waals surface area (Å²) in [5, 5.41) is 12.7. The average Bonchev–Trinajstić information content (AvgIpc) is 2.90. The number of carbonyl (C=O) groups is 1. The van der Waals surface area contributed by atoms with Crippen molar-refractivity contribution in [3.8, 4) is 5.75 Å². The SMILES string of the molecule is Cc1ccc2c(c1)C(CC(=O)O)Cc1cc(OCCCNc3ccccn3)ccc1C2. The molecule has 5 heteroatoms. The van der Waals surface area contributed by atoms with Gasteiger partial charge in [-0.05, 0) is 78.6 Å². The van der Waals surface area contributed by atoms with E-state index in [2.05, 4.69) is 47.6 Å². The zero-order valence-electron chi connectivity index (χ0n) is 17.8. The molecule has 0 fully saturated rings. The zero-order valence-corrected chi connectivity index (χ0v) is 17.8. The highest BCUT2D eigenvalue weighted by Gasteiger charge is 2.24. The quantitative estimate of drug-likeness (QED) is 0.507. The smallest absolute Gasteiger partial charge is 0.303 e. The van der Waals surface area contributed by atoms with Crippen LogP contribution in [0.4, 0.5) is 5.82 Å². The maximum Gasteiger partial charge on any atom is 0.303 e. The van der Waals surface area contributed by atoms with E-state index in [9.17, 15) is 9.90 Å². The number of rotatable bonds is 8. The minimum absolute atomic E-state index is 0.0218. The first-order valence-corrected chi connectivity index (χ1v) is 10.8. The number of aliphatic carboxylic acids is 1. The molecule has 0 bridgehead atoms. The second-order valence-corrected chi connectivity index (χ2v) is 8.15. The normalized spacial score (nSPS) is 14.8. The summed E-state index contributed by atoms with van der Waals surface area (Å²) in [6, 6.07) is 18.5. The number of ether oxygens (including phenoxy) is 1. The van der Waals surface area contributed by atoms with Crippen molar-refractivity contribution in [3.63, 3.8) is 0 Å². The fourth-order valence-corrected chi connectivity index (χ4v) is 4.23. The lowest BCUT2D eigenvalue weighted by atomic mass is 9.88. The third-order valence-electron chi connectivity index (χ3n) is 5.75. The Labute approximate surface area is 183 Å². The van der Waals surface area contributed by atoms with Crippen LogP contribution < -0.4 is 10.1 Å². The first kappa shape index (κ1) is 20.9. The first-order valence-electron chi connectivity index (χ1n) is 10.8. The molecule has 1 unspecified atom stereocenters. The van der Waals surface area contributed by atoms with Crippen LogP contribution in [0.25, 0.3) is 0 Å². The predicted octanol–water partition coefficient (Wildman–Crippen LogP) is 4.98. The topological polar surface area (TPSA) is 71.5 Å². The average molecular weight is 417 g/mol. The minimum atomic E-state index is -0.756. The van der Waals surface area contributed by atoms with Gasteiger partial charge in [0, 0.05) is 12.7 Å². The number of fused-ring (bicyclic) bond motifs is 2. The van der Waals surface area contributed by atoms with Crippen LogP contribution in [0.3, 0.4) is 0 Å². The molecule has 0 saturated heterocycles. The molecule has 1 atom stereocenters. The largest absolute Gasteiger partial charge is 0.494 e. The second kappa shape index (κ2) is 9.65. The monoisotopic (exact) mass is 416 g/mol. The molecule has 0 saturated carbocycles. The third kappa shape index (κ3) is 5.43. The molecule has 1 heterocycles. The van der Waals surface area contributed by atoms with E-state index in [1.54, 1.807) is 6.20 Å². The number of carboxylic acid groups (broad SMARTS) is 1. The van der Waals surface area contributed by atoms with E-state index >= 15 is 0 Å². The molecule has 0 amide bonds. The van der Waals surface area contributed by atoms with Gasteiger partial charge in [0.05, 0.1) is 13.0 Å². The van der Waals surface area contributed by atoms with Crippen LogP contribution in [0.2, 0.25) is 0 Å². The van der Waals surface area contributed by atoms with Gasteiger partial charge in [-0.3, -0.25) is 4.79 Å². The maximum atomic E-state index is 11.5. The Morgan fingerprint density at radius 3 is 2.81 bits per heavy atom. The fourth-order valence-electron chi connectivity index (χ4n) is 4.23. The molecule has 2 aromatic carbocycles. The van der Waals surface area contributed by atoms with Crippen molar-refractivity contribution < 1.29 is 14.6 Å². The highest BCUT2D eigenvalue weighted by Crippen LogP contribution is 2.36. The van der Waals surface area contributed by atoms with Gasteiger partial charge >= 0.3 is 5.97 Å². The lowest BCUT2D eigenvalue weighted by molar-refractivity contribution is -0.137. The van der Waals surface area contributed by atoms with E-state index in [0.717, 1.165) is 37.4 Å². The number of aryl methyl sites for hydroxylation is 1. The molecule has 31 heavy (non-hydrogen) atoms. The number of aromatic nitrogens is 1. The molecule has 1 aliphatic carbocycles. The number of nitrogens with one attached hydrogen (secondary N) is 1. The Balaban J connectivity index is 1.42. The number of benzene rings is 2. The van der Waals surface area contributed by atoms with E-state index in [0.29, 0.717) is 6.61 Å². The number of anilines is 1. The molecule has 0 aliphatic heterocycles. The van der Waals surface area contributed by atoms with Gasteiger partial charge in [0.1, 0.15) is 11.6 Å². The summed E-state index contributed by atoms with van der Waals surface area (Å²) >= 11 is 0. The Morgan fingerprint density at radius 1 is 1.13 bits per heavy atom. The van der Waals surface area contributed by atoms with Crippen LogP contribution in [0.1, 0.15) is 46.6 Å². The van der Waals surface area contributed by atoms with Crippen LogP contribution in [-0.4, -0.2) is 29.2 Å². The van der Waals surface area contributed by atoms with Gasteiger partial charge in [-0.1, -0.05) is 35.9 Å². The molecule has 5 nitrogen and oxygen atoms in total. The Morgan fingerprint density at radius 2 is 2.00 bits per heavy atom. The molecule has 1 aliphatic rings. The number of hydrogen-bond acceptors (Lipinski definition) is 4. The summed E-state index contributed by atoms with van der Waals surface area (Å²) in [6.45, 7) is 3.46. The number of carboxylic acids is 1. The van der Waals surface area contributed by atoms with Crippen LogP contribution in [-0.2, 0) is 17.6 Å². The molecular weight excluding hydrogens is 388 g/mol. The standard InChI is InChI=1S/C26H28N2O3/c1-18-6-7-20-14-19-8-9-23(31-12-4-11-28-25-5-2-3-10-27-25)16-21(19)15-22(17-26(29)30)24(20)13-18/h2-3,5-10,13,16,22H,4,11-12,14-15,17H2,1H3,(H,27,28)(H,29,30). The molecule has 0 radical (unpaired) electrons. The first-order chi connectivity index (χ1) is 15.1. The highest BCUT2D eigenvalue weighted by molar-refractivity contribution is 5.68. The highest BCUT2D eigenvalue weighted by atomic mass is 16.5. The third-order valence-corrected chi connectivity index (χ3v) is 5.75. The van der Waals surface area contributed by atoms with E-state index < -0.39 is 5.97 Å². The van der Waals surface area contributed by atoms with Crippen molar-refractivity contribution >= 4 is 11.8 Å². The fraction of sp³-hybridized carbons (Fsp3) is 0.308. The zero-order chi connectivity index (χ0) is 21.6. The molecule has 160 valence electrons. The van der Waals surface area contributed by atoms with Gasteiger partial charge in [0.25, 0.3) is 0 Å². The molecule has 2 N–H and O–H groups in total. The van der Waals surface area contributed by atoms with Gasteiger partial charge in [-0.25, -0.2) is 4.98 Å². The lowest BCUT2D eigenvalue weighted by Crippen LogP contribution is -2.10. The van der Waals surface area contributed by atoms with Crippen molar-refractivity contribution in [2.24, 2.45) is 0 Å².